The maximum Gasteiger partial charge on any atom is 0.266 e. The van der Waals surface area contributed by atoms with Crippen LogP contribution >= 0.6 is 0 Å². The Labute approximate surface area is 163 Å². The highest BCUT2D eigenvalue weighted by Crippen LogP contribution is 2.23. The number of carbonyl (C=O) groups excluding carboxylic acids is 1. The molecule has 0 saturated heterocycles. The van der Waals surface area contributed by atoms with Crippen molar-refractivity contribution in [1.29, 1.82) is 0 Å². The Morgan fingerprint density at radius 1 is 1.07 bits per heavy atom. The highest BCUT2D eigenvalue weighted by molar-refractivity contribution is 5.92. The predicted molar refractivity (Wildman–Crippen MR) is 110 cm³/mol. The van der Waals surface area contributed by atoms with Crippen molar-refractivity contribution < 1.29 is 9.53 Å². The van der Waals surface area contributed by atoms with Crippen molar-refractivity contribution in [1.82, 2.24) is 9.78 Å². The fraction of sp³-hybridized carbons (Fsp3) is 0.227. The lowest BCUT2D eigenvalue weighted by Gasteiger charge is -2.10. The standard InChI is InChI=1S/C22H23N3O3/c1-16-9-11-17(12-10-16)18-13-14-22(27)25(24-18)15-5-8-21(26)23-19-6-3-4-7-20(19)28-2/h3-4,6-7,9-14H,5,8,15H2,1-2H3,(H,23,26). The Balaban J connectivity index is 1.61. The third kappa shape index (κ3) is 4.85. The van der Waals surface area contributed by atoms with Crippen LogP contribution in [-0.2, 0) is 11.3 Å². The molecular weight excluding hydrogens is 354 g/mol. The highest BCUT2D eigenvalue weighted by atomic mass is 16.5. The molecule has 2 aromatic carbocycles. The van der Waals surface area contributed by atoms with E-state index < -0.39 is 0 Å². The molecule has 28 heavy (non-hydrogen) atoms. The summed E-state index contributed by atoms with van der Waals surface area (Å²) in [6.07, 6.45) is 0.784. The summed E-state index contributed by atoms with van der Waals surface area (Å²) >= 11 is 0. The molecule has 6 heteroatoms. The zero-order valence-corrected chi connectivity index (χ0v) is 16.0. The molecule has 1 heterocycles. The summed E-state index contributed by atoms with van der Waals surface area (Å²) in [4.78, 5) is 24.3. The molecule has 0 bridgehead atoms. The van der Waals surface area contributed by atoms with Crippen LogP contribution in [0.25, 0.3) is 11.3 Å². The second kappa shape index (κ2) is 8.99. The van der Waals surface area contributed by atoms with Crippen LogP contribution in [0.3, 0.4) is 0 Å². The number of para-hydroxylation sites is 2. The fourth-order valence-electron chi connectivity index (χ4n) is 2.84. The Hall–Kier alpha value is -3.41. The Bertz CT molecular complexity index is 1010. The number of rotatable bonds is 7. The van der Waals surface area contributed by atoms with Gasteiger partial charge in [-0.15, -0.1) is 0 Å². The van der Waals surface area contributed by atoms with Gasteiger partial charge in [0.05, 0.1) is 18.5 Å². The van der Waals surface area contributed by atoms with Crippen LogP contribution in [0.2, 0.25) is 0 Å². The molecule has 144 valence electrons. The number of anilines is 1. The lowest BCUT2D eigenvalue weighted by molar-refractivity contribution is -0.116. The largest absolute Gasteiger partial charge is 0.495 e. The van der Waals surface area contributed by atoms with Crippen molar-refractivity contribution in [3.05, 3.63) is 76.6 Å². The van der Waals surface area contributed by atoms with Crippen LogP contribution in [0.15, 0.2) is 65.5 Å². The van der Waals surface area contributed by atoms with Crippen LogP contribution in [0.5, 0.6) is 5.75 Å². The first-order valence-electron chi connectivity index (χ1n) is 9.15. The van der Waals surface area contributed by atoms with Gasteiger partial charge in [-0.05, 0) is 31.5 Å². The van der Waals surface area contributed by atoms with Crippen LogP contribution in [-0.4, -0.2) is 22.8 Å². The molecule has 3 rings (SSSR count). The van der Waals surface area contributed by atoms with Crippen molar-refractivity contribution >= 4 is 11.6 Å². The second-order valence-corrected chi connectivity index (χ2v) is 6.50. The quantitative estimate of drug-likeness (QED) is 0.682. The van der Waals surface area contributed by atoms with Crippen LogP contribution < -0.4 is 15.6 Å². The topological polar surface area (TPSA) is 73.2 Å². The number of hydrogen-bond donors (Lipinski definition) is 1. The first kappa shape index (κ1) is 19.4. The normalized spacial score (nSPS) is 10.5. The van der Waals surface area contributed by atoms with Gasteiger partial charge in [-0.3, -0.25) is 9.59 Å². The molecule has 1 N–H and O–H groups in total. The maximum atomic E-state index is 12.2. The van der Waals surface area contributed by atoms with Gasteiger partial charge in [0.25, 0.3) is 5.56 Å². The van der Waals surface area contributed by atoms with E-state index in [0.29, 0.717) is 24.4 Å². The summed E-state index contributed by atoms with van der Waals surface area (Å²) in [7, 11) is 1.56. The number of aromatic nitrogens is 2. The number of hydrogen-bond acceptors (Lipinski definition) is 4. The number of nitrogens with one attached hydrogen (secondary N) is 1. The Kier molecular flexibility index (Phi) is 6.22. The molecule has 0 fully saturated rings. The van der Waals surface area contributed by atoms with Gasteiger partial charge in [0, 0.05) is 24.6 Å². The van der Waals surface area contributed by atoms with Crippen molar-refractivity contribution in [2.75, 3.05) is 12.4 Å². The number of aryl methyl sites for hydroxylation is 2. The zero-order valence-electron chi connectivity index (χ0n) is 16.0. The van der Waals surface area contributed by atoms with Gasteiger partial charge >= 0.3 is 0 Å². The van der Waals surface area contributed by atoms with E-state index in [-0.39, 0.29) is 17.9 Å². The lowest BCUT2D eigenvalue weighted by atomic mass is 10.1. The van der Waals surface area contributed by atoms with Gasteiger partial charge in [0.2, 0.25) is 5.91 Å². The van der Waals surface area contributed by atoms with E-state index in [1.807, 2.05) is 43.3 Å². The summed E-state index contributed by atoms with van der Waals surface area (Å²) < 4.78 is 6.64. The second-order valence-electron chi connectivity index (χ2n) is 6.50. The molecule has 0 aliphatic rings. The molecule has 3 aromatic rings. The number of benzene rings is 2. The maximum absolute atomic E-state index is 12.2. The van der Waals surface area contributed by atoms with Gasteiger partial charge in [0.1, 0.15) is 5.75 Å². The van der Waals surface area contributed by atoms with E-state index >= 15 is 0 Å². The molecule has 0 radical (unpaired) electrons. The smallest absolute Gasteiger partial charge is 0.266 e. The van der Waals surface area contributed by atoms with Crippen LogP contribution in [0, 0.1) is 6.92 Å². The molecule has 0 saturated carbocycles. The van der Waals surface area contributed by atoms with Crippen LogP contribution in [0.1, 0.15) is 18.4 Å². The minimum atomic E-state index is -0.180. The van der Waals surface area contributed by atoms with Gasteiger partial charge < -0.3 is 10.1 Å². The summed E-state index contributed by atoms with van der Waals surface area (Å²) in [6, 6.07) is 18.5. The molecule has 6 nitrogen and oxygen atoms in total. The minimum absolute atomic E-state index is 0.132. The summed E-state index contributed by atoms with van der Waals surface area (Å²) in [6.45, 7) is 2.39. The Morgan fingerprint density at radius 2 is 1.82 bits per heavy atom. The van der Waals surface area contributed by atoms with E-state index in [1.165, 1.54) is 10.7 Å². The Morgan fingerprint density at radius 3 is 2.57 bits per heavy atom. The molecule has 0 atom stereocenters. The first-order chi connectivity index (χ1) is 13.6. The van der Waals surface area contributed by atoms with Crippen molar-refractivity contribution in [2.45, 2.75) is 26.3 Å². The third-order valence-electron chi connectivity index (χ3n) is 4.37. The predicted octanol–water partition coefficient (Wildman–Crippen LogP) is 3.65. The summed E-state index contributed by atoms with van der Waals surface area (Å²) in [5.41, 5.74) is 3.30. The van der Waals surface area contributed by atoms with Gasteiger partial charge in [-0.1, -0.05) is 42.0 Å². The van der Waals surface area contributed by atoms with Gasteiger partial charge in [0.15, 0.2) is 0 Å². The monoisotopic (exact) mass is 377 g/mol. The first-order valence-corrected chi connectivity index (χ1v) is 9.15. The molecule has 1 amide bonds. The van der Waals surface area contributed by atoms with E-state index in [0.717, 1.165) is 16.8 Å². The molecular formula is C22H23N3O3. The van der Waals surface area contributed by atoms with Crippen LogP contribution in [0.4, 0.5) is 5.69 Å². The fourth-order valence-corrected chi connectivity index (χ4v) is 2.84. The number of ether oxygens (including phenoxy) is 1. The van der Waals surface area contributed by atoms with E-state index in [4.69, 9.17) is 4.74 Å². The number of carbonyl (C=O) groups is 1. The molecule has 0 unspecified atom stereocenters. The average Bonchev–Trinajstić information content (AvgIpc) is 2.70. The third-order valence-corrected chi connectivity index (χ3v) is 4.37. The van der Waals surface area contributed by atoms with Gasteiger partial charge in [-0.25, -0.2) is 4.68 Å². The average molecular weight is 377 g/mol. The zero-order chi connectivity index (χ0) is 19.9. The number of nitrogens with zero attached hydrogens (tertiary/aromatic N) is 2. The molecule has 1 aromatic heterocycles. The van der Waals surface area contributed by atoms with E-state index in [2.05, 4.69) is 10.4 Å². The molecule has 0 aliphatic carbocycles. The lowest BCUT2D eigenvalue weighted by Crippen LogP contribution is -2.23. The van der Waals surface area contributed by atoms with Crippen molar-refractivity contribution in [2.24, 2.45) is 0 Å². The number of methoxy groups -OCH3 is 1. The highest BCUT2D eigenvalue weighted by Gasteiger charge is 2.08. The van der Waals surface area contributed by atoms with Gasteiger partial charge in [-0.2, -0.15) is 5.10 Å². The van der Waals surface area contributed by atoms with Crippen molar-refractivity contribution in [3.63, 3.8) is 0 Å². The summed E-state index contributed by atoms with van der Waals surface area (Å²) in [5.74, 6) is 0.478. The SMILES string of the molecule is COc1ccccc1NC(=O)CCCn1nc(-c2ccc(C)cc2)ccc1=O. The molecule has 0 aliphatic heterocycles. The molecule has 0 spiro atoms. The van der Waals surface area contributed by atoms with E-state index in [9.17, 15) is 9.59 Å². The number of amides is 1. The van der Waals surface area contributed by atoms with E-state index in [1.54, 1.807) is 25.3 Å². The van der Waals surface area contributed by atoms with Crippen molar-refractivity contribution in [3.8, 4) is 17.0 Å². The summed E-state index contributed by atoms with van der Waals surface area (Å²) in [5, 5.41) is 7.27. The minimum Gasteiger partial charge on any atom is -0.495 e.